The Labute approximate surface area is 141 Å². The van der Waals surface area contributed by atoms with Gasteiger partial charge >= 0.3 is 0 Å². The second-order valence-electron chi connectivity index (χ2n) is 7.57. The normalized spacial score (nSPS) is 18.5. The molecule has 1 fully saturated rings. The summed E-state index contributed by atoms with van der Waals surface area (Å²) < 4.78 is 0. The fourth-order valence-corrected chi connectivity index (χ4v) is 3.08. The van der Waals surface area contributed by atoms with E-state index < -0.39 is 0 Å². The summed E-state index contributed by atoms with van der Waals surface area (Å²) in [5, 5.41) is 0. The highest BCUT2D eigenvalue weighted by atomic mass is 16.2. The maximum atomic E-state index is 12.2. The van der Waals surface area contributed by atoms with Crippen LogP contribution >= 0.6 is 0 Å². The van der Waals surface area contributed by atoms with Crippen molar-refractivity contribution < 1.29 is 14.4 Å². The monoisotopic (exact) mass is 323 g/mol. The Balaban J connectivity index is 2.17. The number of carbonyl (C=O) groups is 3. The number of rotatable bonds is 11. The third-order valence-corrected chi connectivity index (χ3v) is 4.66. The number of imide groups is 1. The number of likely N-dealkylation sites (tertiary alicyclic amines) is 1. The number of Topliss-reactive ketones (excluding diaryl/α,β-unsaturated/α-hetero) is 1. The average molecular weight is 323 g/mol. The van der Waals surface area contributed by atoms with Crippen molar-refractivity contribution in [2.24, 2.45) is 17.8 Å². The van der Waals surface area contributed by atoms with Crippen LogP contribution in [-0.2, 0) is 14.4 Å². The molecule has 4 heteroatoms. The van der Waals surface area contributed by atoms with E-state index in [0.29, 0.717) is 32.2 Å². The van der Waals surface area contributed by atoms with Gasteiger partial charge in [0, 0.05) is 31.7 Å². The fourth-order valence-electron chi connectivity index (χ4n) is 3.08. The SMILES string of the molecule is CC(C)CCCCCC(=O)CCCN1C(=O)CC(C(C)C)C1=O. The Hall–Kier alpha value is -1.19. The zero-order chi connectivity index (χ0) is 17.4. The van der Waals surface area contributed by atoms with Gasteiger partial charge in [0.15, 0.2) is 0 Å². The lowest BCUT2D eigenvalue weighted by molar-refractivity contribution is -0.140. The predicted molar refractivity (Wildman–Crippen MR) is 91.8 cm³/mol. The maximum Gasteiger partial charge on any atom is 0.233 e. The maximum absolute atomic E-state index is 12.2. The van der Waals surface area contributed by atoms with Crippen molar-refractivity contribution in [1.82, 2.24) is 4.90 Å². The van der Waals surface area contributed by atoms with Gasteiger partial charge in [0.25, 0.3) is 0 Å². The summed E-state index contributed by atoms with van der Waals surface area (Å²) in [5.74, 6) is 0.897. The molecule has 1 heterocycles. The molecular weight excluding hydrogens is 290 g/mol. The molecule has 0 aliphatic carbocycles. The molecular formula is C19H33NO3. The van der Waals surface area contributed by atoms with Crippen LogP contribution in [0.1, 0.15) is 79.1 Å². The van der Waals surface area contributed by atoms with E-state index in [1.807, 2.05) is 13.8 Å². The Morgan fingerprint density at radius 3 is 2.26 bits per heavy atom. The van der Waals surface area contributed by atoms with E-state index in [-0.39, 0.29) is 29.4 Å². The summed E-state index contributed by atoms with van der Waals surface area (Å²) in [6.07, 6.45) is 6.55. The number of hydrogen-bond donors (Lipinski definition) is 0. The molecule has 132 valence electrons. The van der Waals surface area contributed by atoms with Crippen LogP contribution in [0.25, 0.3) is 0 Å². The van der Waals surface area contributed by atoms with Gasteiger partial charge in [-0.05, 0) is 24.7 Å². The molecule has 23 heavy (non-hydrogen) atoms. The van der Waals surface area contributed by atoms with Crippen molar-refractivity contribution in [2.45, 2.75) is 79.1 Å². The van der Waals surface area contributed by atoms with Crippen molar-refractivity contribution in [3.8, 4) is 0 Å². The Bertz CT molecular complexity index is 415. The van der Waals surface area contributed by atoms with Crippen LogP contribution in [0.5, 0.6) is 0 Å². The van der Waals surface area contributed by atoms with E-state index in [1.165, 1.54) is 17.7 Å². The highest BCUT2D eigenvalue weighted by Crippen LogP contribution is 2.26. The van der Waals surface area contributed by atoms with Crippen LogP contribution in [0, 0.1) is 17.8 Å². The van der Waals surface area contributed by atoms with Crippen LogP contribution in [0.15, 0.2) is 0 Å². The number of unbranched alkanes of at least 4 members (excludes halogenated alkanes) is 2. The molecule has 1 saturated heterocycles. The van der Waals surface area contributed by atoms with Crippen LogP contribution < -0.4 is 0 Å². The van der Waals surface area contributed by atoms with E-state index in [1.54, 1.807) is 0 Å². The number of carbonyl (C=O) groups excluding carboxylic acids is 3. The van der Waals surface area contributed by atoms with Crippen LogP contribution in [0.3, 0.4) is 0 Å². The minimum absolute atomic E-state index is 0.0499. The lowest BCUT2D eigenvalue weighted by atomic mass is 9.94. The van der Waals surface area contributed by atoms with Crippen molar-refractivity contribution in [3.05, 3.63) is 0 Å². The van der Waals surface area contributed by atoms with Gasteiger partial charge in [0.2, 0.25) is 11.8 Å². The average Bonchev–Trinajstić information content (AvgIpc) is 2.74. The minimum Gasteiger partial charge on any atom is -0.300 e. The zero-order valence-electron chi connectivity index (χ0n) is 15.3. The first-order valence-electron chi connectivity index (χ1n) is 9.18. The second-order valence-corrected chi connectivity index (χ2v) is 7.57. The quantitative estimate of drug-likeness (QED) is 0.427. The van der Waals surface area contributed by atoms with Gasteiger partial charge in [0.05, 0.1) is 0 Å². The third kappa shape index (κ3) is 6.84. The van der Waals surface area contributed by atoms with Crippen molar-refractivity contribution in [3.63, 3.8) is 0 Å². The first kappa shape index (κ1) is 19.9. The molecule has 1 aliphatic heterocycles. The zero-order valence-corrected chi connectivity index (χ0v) is 15.3. The van der Waals surface area contributed by atoms with Crippen LogP contribution in [0.4, 0.5) is 0 Å². The number of nitrogens with zero attached hydrogens (tertiary/aromatic N) is 1. The van der Waals surface area contributed by atoms with E-state index in [4.69, 9.17) is 0 Å². The summed E-state index contributed by atoms with van der Waals surface area (Å²) in [6, 6.07) is 0. The van der Waals surface area contributed by atoms with Gasteiger partial charge in [-0.3, -0.25) is 19.3 Å². The van der Waals surface area contributed by atoms with Gasteiger partial charge in [0.1, 0.15) is 5.78 Å². The van der Waals surface area contributed by atoms with E-state index in [2.05, 4.69) is 13.8 Å². The Morgan fingerprint density at radius 1 is 1.04 bits per heavy atom. The van der Waals surface area contributed by atoms with E-state index in [9.17, 15) is 14.4 Å². The molecule has 1 aliphatic rings. The smallest absolute Gasteiger partial charge is 0.233 e. The molecule has 1 unspecified atom stereocenters. The first-order valence-corrected chi connectivity index (χ1v) is 9.18. The van der Waals surface area contributed by atoms with Crippen LogP contribution in [-0.4, -0.2) is 29.0 Å². The summed E-state index contributed by atoms with van der Waals surface area (Å²) in [6.45, 7) is 8.79. The molecule has 4 nitrogen and oxygen atoms in total. The molecule has 0 N–H and O–H groups in total. The standard InChI is InChI=1S/C19H33NO3/c1-14(2)9-6-5-7-10-16(21)11-8-12-20-18(22)13-17(15(3)4)19(20)23/h14-15,17H,5-13H2,1-4H3. The topological polar surface area (TPSA) is 54.5 Å². The van der Waals surface area contributed by atoms with Gasteiger partial charge < -0.3 is 0 Å². The summed E-state index contributed by atoms with van der Waals surface area (Å²) in [5.41, 5.74) is 0. The first-order chi connectivity index (χ1) is 10.8. The lowest BCUT2D eigenvalue weighted by Gasteiger charge is -2.16. The number of amides is 2. The number of ketones is 1. The summed E-state index contributed by atoms with van der Waals surface area (Å²) in [4.78, 5) is 37.3. The third-order valence-electron chi connectivity index (χ3n) is 4.66. The Morgan fingerprint density at radius 2 is 1.70 bits per heavy atom. The molecule has 0 aromatic carbocycles. The van der Waals surface area contributed by atoms with Gasteiger partial charge in [-0.15, -0.1) is 0 Å². The van der Waals surface area contributed by atoms with Crippen LogP contribution in [0.2, 0.25) is 0 Å². The molecule has 0 bridgehead atoms. The molecule has 1 rings (SSSR count). The Kier molecular flexibility index (Phi) is 8.49. The highest BCUT2D eigenvalue weighted by Gasteiger charge is 2.39. The second kappa shape index (κ2) is 9.84. The molecule has 0 saturated carbocycles. The van der Waals surface area contributed by atoms with Crippen molar-refractivity contribution in [1.29, 1.82) is 0 Å². The molecule has 0 spiro atoms. The van der Waals surface area contributed by atoms with Crippen molar-refractivity contribution >= 4 is 17.6 Å². The van der Waals surface area contributed by atoms with Gasteiger partial charge in [-0.25, -0.2) is 0 Å². The predicted octanol–water partition coefficient (Wildman–Crippen LogP) is 3.97. The molecule has 0 radical (unpaired) electrons. The molecule has 1 atom stereocenters. The fraction of sp³-hybridized carbons (Fsp3) is 0.842. The molecule has 0 aromatic rings. The minimum atomic E-state index is -0.167. The summed E-state index contributed by atoms with van der Waals surface area (Å²) >= 11 is 0. The van der Waals surface area contributed by atoms with Gasteiger partial charge in [-0.2, -0.15) is 0 Å². The molecule has 0 aromatic heterocycles. The van der Waals surface area contributed by atoms with E-state index >= 15 is 0 Å². The lowest BCUT2D eigenvalue weighted by Crippen LogP contribution is -2.32. The van der Waals surface area contributed by atoms with E-state index in [0.717, 1.165) is 18.8 Å². The summed E-state index contributed by atoms with van der Waals surface area (Å²) in [7, 11) is 0. The van der Waals surface area contributed by atoms with Crippen molar-refractivity contribution in [2.75, 3.05) is 6.54 Å². The number of hydrogen-bond acceptors (Lipinski definition) is 3. The molecule has 2 amide bonds. The highest BCUT2D eigenvalue weighted by molar-refractivity contribution is 6.03. The largest absolute Gasteiger partial charge is 0.300 e. The van der Waals surface area contributed by atoms with Gasteiger partial charge in [-0.1, -0.05) is 47.0 Å².